The number of pyridine rings is 1. The molecule has 1 amide bonds. The molecule has 2 aromatic rings. The number of aromatic nitrogens is 1. The fourth-order valence-electron chi connectivity index (χ4n) is 2.23. The Hall–Kier alpha value is -2.76. The number of hydrogen-bond acceptors (Lipinski definition) is 5. The molecule has 25 heavy (non-hydrogen) atoms. The number of nitrogens with zero attached hydrogens (tertiary/aromatic N) is 2. The van der Waals surface area contributed by atoms with Crippen molar-refractivity contribution >= 4 is 49.5 Å². The quantitative estimate of drug-likeness (QED) is 0.471. The average Bonchev–Trinajstić information content (AvgIpc) is 2.87. The van der Waals surface area contributed by atoms with Gasteiger partial charge in [0.25, 0.3) is 5.91 Å². The van der Waals surface area contributed by atoms with E-state index in [0.29, 0.717) is 21.5 Å². The molecule has 0 atom stereocenters. The van der Waals surface area contributed by atoms with E-state index in [2.05, 4.69) is 26.2 Å². The first-order chi connectivity index (χ1) is 11.9. The van der Waals surface area contributed by atoms with Crippen molar-refractivity contribution in [1.29, 1.82) is 5.26 Å². The van der Waals surface area contributed by atoms with Crippen LogP contribution in [0.4, 0.5) is 5.69 Å². The third kappa shape index (κ3) is 3.68. The highest BCUT2D eigenvalue weighted by atomic mass is 79.9. The van der Waals surface area contributed by atoms with Crippen molar-refractivity contribution in [1.82, 2.24) is 4.98 Å². The van der Waals surface area contributed by atoms with E-state index >= 15 is 0 Å². The number of nitriles is 1. The van der Waals surface area contributed by atoms with Crippen molar-refractivity contribution in [2.45, 2.75) is 4.90 Å². The predicted octanol–water partition coefficient (Wildman–Crippen LogP) is 3.15. The van der Waals surface area contributed by atoms with Crippen LogP contribution in [0.15, 0.2) is 56.9 Å². The number of amides is 1. The van der Waals surface area contributed by atoms with Gasteiger partial charge in [-0.1, -0.05) is 12.1 Å². The summed E-state index contributed by atoms with van der Waals surface area (Å²) in [6, 6.07) is 11.5. The van der Waals surface area contributed by atoms with Crippen LogP contribution in [0.3, 0.4) is 0 Å². The first kappa shape index (κ1) is 17.1. The Bertz CT molecular complexity index is 1080. The Labute approximate surface area is 152 Å². The second kappa shape index (κ2) is 6.63. The summed E-state index contributed by atoms with van der Waals surface area (Å²) in [7, 11) is -3.47. The molecule has 0 spiro atoms. The van der Waals surface area contributed by atoms with Gasteiger partial charge in [-0.05, 0) is 57.9 Å². The number of halogens is 1. The van der Waals surface area contributed by atoms with Crippen molar-refractivity contribution in [3.63, 3.8) is 0 Å². The molecule has 2 heterocycles. The lowest BCUT2D eigenvalue weighted by Gasteiger charge is -2.06. The molecular formula is C17H10BrN3O3S. The second-order valence-corrected chi connectivity index (χ2v) is 7.72. The molecule has 8 heteroatoms. The Morgan fingerprint density at radius 3 is 2.80 bits per heavy atom. The van der Waals surface area contributed by atoms with Gasteiger partial charge in [0, 0.05) is 11.1 Å². The van der Waals surface area contributed by atoms with E-state index in [9.17, 15) is 18.5 Å². The van der Waals surface area contributed by atoms with Crippen LogP contribution in [0.25, 0.3) is 12.2 Å². The fraction of sp³-hybridized carbons (Fsp3) is 0. The first-order valence-corrected chi connectivity index (χ1v) is 9.36. The number of hydrogen-bond donors (Lipinski definition) is 1. The van der Waals surface area contributed by atoms with Crippen molar-refractivity contribution in [3.05, 3.63) is 63.2 Å². The number of carbonyl (C=O) groups is 1. The van der Waals surface area contributed by atoms with Crippen molar-refractivity contribution in [3.8, 4) is 6.07 Å². The molecule has 124 valence electrons. The van der Waals surface area contributed by atoms with Gasteiger partial charge in [0.1, 0.15) is 16.2 Å². The van der Waals surface area contributed by atoms with E-state index in [1.54, 1.807) is 30.3 Å². The van der Waals surface area contributed by atoms with Gasteiger partial charge >= 0.3 is 0 Å². The zero-order valence-electron chi connectivity index (χ0n) is 12.6. The van der Waals surface area contributed by atoms with E-state index in [4.69, 9.17) is 0 Å². The molecule has 0 unspecified atom stereocenters. The van der Waals surface area contributed by atoms with Crippen LogP contribution >= 0.6 is 15.9 Å². The maximum Gasteiger partial charge on any atom is 0.266 e. The fourth-order valence-corrected chi connectivity index (χ4v) is 3.82. The first-order valence-electron chi connectivity index (χ1n) is 7.02. The number of carbonyl (C=O) groups excluding carboxylic acids is 1. The highest BCUT2D eigenvalue weighted by Gasteiger charge is 2.21. The van der Waals surface area contributed by atoms with Crippen LogP contribution in [0.5, 0.6) is 0 Å². The Morgan fingerprint density at radius 1 is 1.28 bits per heavy atom. The van der Waals surface area contributed by atoms with Crippen LogP contribution < -0.4 is 5.32 Å². The van der Waals surface area contributed by atoms with Gasteiger partial charge in [-0.3, -0.25) is 4.79 Å². The third-order valence-electron chi connectivity index (χ3n) is 3.40. The summed E-state index contributed by atoms with van der Waals surface area (Å²) in [5.74, 6) is -0.646. The van der Waals surface area contributed by atoms with Crippen molar-refractivity contribution in [2.24, 2.45) is 0 Å². The van der Waals surface area contributed by atoms with Crippen LogP contribution in [-0.2, 0) is 14.6 Å². The molecule has 1 aliphatic heterocycles. The molecule has 1 aromatic heterocycles. The minimum absolute atomic E-state index is 0.126. The Balaban J connectivity index is 1.86. The molecule has 0 bridgehead atoms. The van der Waals surface area contributed by atoms with Gasteiger partial charge in [-0.2, -0.15) is 5.26 Å². The molecule has 0 saturated heterocycles. The highest BCUT2D eigenvalue weighted by Crippen LogP contribution is 2.29. The molecule has 0 radical (unpaired) electrons. The SMILES string of the molecule is N#C/C(=C\c1cccc(Br)n1)C(=O)Nc1ccc2c(c1)S(=O)(=O)C=C2. The lowest BCUT2D eigenvalue weighted by atomic mass is 10.2. The minimum Gasteiger partial charge on any atom is -0.321 e. The number of benzene rings is 1. The molecule has 3 rings (SSSR count). The number of sulfone groups is 1. The monoisotopic (exact) mass is 415 g/mol. The van der Waals surface area contributed by atoms with Crippen LogP contribution in [0, 0.1) is 11.3 Å². The summed E-state index contributed by atoms with van der Waals surface area (Å²) in [4.78, 5) is 16.6. The lowest BCUT2D eigenvalue weighted by Crippen LogP contribution is -2.14. The maximum absolute atomic E-state index is 12.3. The molecule has 1 N–H and O–H groups in total. The highest BCUT2D eigenvalue weighted by molar-refractivity contribution is 9.10. The molecule has 0 aliphatic carbocycles. The van der Waals surface area contributed by atoms with Gasteiger partial charge in [0.2, 0.25) is 9.84 Å². The van der Waals surface area contributed by atoms with Crippen molar-refractivity contribution < 1.29 is 13.2 Å². The normalized spacial score (nSPS) is 14.6. The van der Waals surface area contributed by atoms with Crippen LogP contribution in [-0.4, -0.2) is 19.3 Å². The van der Waals surface area contributed by atoms with Crippen molar-refractivity contribution in [2.75, 3.05) is 5.32 Å². The average molecular weight is 416 g/mol. The summed E-state index contributed by atoms with van der Waals surface area (Å²) in [6.45, 7) is 0. The molecule has 1 aliphatic rings. The number of rotatable bonds is 3. The summed E-state index contributed by atoms with van der Waals surface area (Å²) in [6.07, 6.45) is 2.85. The standard InChI is InChI=1S/C17H10BrN3O3S/c18-16-3-1-2-13(20-16)8-12(10-19)17(22)21-14-5-4-11-6-7-25(23,24)15(11)9-14/h1-9H,(H,21,22)/b12-8+. The van der Waals surface area contributed by atoms with Crippen LogP contribution in [0.1, 0.15) is 11.3 Å². The zero-order valence-corrected chi connectivity index (χ0v) is 15.0. The van der Waals surface area contributed by atoms with E-state index in [1.807, 2.05) is 6.07 Å². The van der Waals surface area contributed by atoms with E-state index in [-0.39, 0.29) is 10.5 Å². The van der Waals surface area contributed by atoms with Gasteiger partial charge in [0.15, 0.2) is 0 Å². The molecule has 0 saturated carbocycles. The largest absolute Gasteiger partial charge is 0.321 e. The summed E-state index contributed by atoms with van der Waals surface area (Å²) in [5, 5.41) is 12.9. The maximum atomic E-state index is 12.3. The zero-order chi connectivity index (χ0) is 18.0. The summed E-state index contributed by atoms with van der Waals surface area (Å²) < 4.78 is 24.3. The van der Waals surface area contributed by atoms with E-state index in [1.165, 1.54) is 18.2 Å². The smallest absolute Gasteiger partial charge is 0.266 e. The Morgan fingerprint density at radius 2 is 2.08 bits per heavy atom. The van der Waals surface area contributed by atoms with Crippen LogP contribution in [0.2, 0.25) is 0 Å². The van der Waals surface area contributed by atoms with Gasteiger partial charge < -0.3 is 5.32 Å². The Kier molecular flexibility index (Phi) is 4.53. The topological polar surface area (TPSA) is 99.9 Å². The molecule has 1 aromatic carbocycles. The summed E-state index contributed by atoms with van der Waals surface area (Å²) >= 11 is 3.22. The van der Waals surface area contributed by atoms with Gasteiger partial charge in [-0.15, -0.1) is 0 Å². The molecule has 0 fully saturated rings. The lowest BCUT2D eigenvalue weighted by molar-refractivity contribution is -0.112. The third-order valence-corrected chi connectivity index (χ3v) is 5.30. The van der Waals surface area contributed by atoms with Gasteiger partial charge in [0.05, 0.1) is 10.6 Å². The van der Waals surface area contributed by atoms with Gasteiger partial charge in [-0.25, -0.2) is 13.4 Å². The predicted molar refractivity (Wildman–Crippen MR) is 96.8 cm³/mol. The molecular weight excluding hydrogens is 406 g/mol. The summed E-state index contributed by atoms with van der Waals surface area (Å²) in [5.41, 5.74) is 1.15. The number of fused-ring (bicyclic) bond motifs is 1. The van der Waals surface area contributed by atoms with E-state index < -0.39 is 15.7 Å². The second-order valence-electron chi connectivity index (χ2n) is 5.11. The number of anilines is 1. The molecule has 6 nitrogen and oxygen atoms in total. The van der Waals surface area contributed by atoms with E-state index in [0.717, 1.165) is 5.41 Å². The minimum atomic E-state index is -3.47. The number of nitrogens with one attached hydrogen (secondary N) is 1.